The number of aromatic nitrogens is 3. The Morgan fingerprint density at radius 3 is 2.68 bits per heavy atom. The molecule has 1 fully saturated rings. The van der Waals surface area contributed by atoms with Crippen molar-refractivity contribution >= 4 is 12.0 Å². The number of carbonyl (C=O) groups excluding carboxylic acids is 1. The van der Waals surface area contributed by atoms with Crippen molar-refractivity contribution in [1.82, 2.24) is 25.4 Å². The average Bonchev–Trinajstić information content (AvgIpc) is 2.97. The normalized spacial score (nSPS) is 17.1. The van der Waals surface area contributed by atoms with Crippen molar-refractivity contribution in [2.24, 2.45) is 7.05 Å². The van der Waals surface area contributed by atoms with Gasteiger partial charge in [-0.1, -0.05) is 12.8 Å². The van der Waals surface area contributed by atoms with E-state index in [4.69, 9.17) is 0 Å². The van der Waals surface area contributed by atoms with E-state index in [0.29, 0.717) is 18.7 Å². The molecule has 1 aromatic rings. The zero-order chi connectivity index (χ0) is 13.9. The maximum Gasteiger partial charge on any atom is 0.329 e. The number of nitrogens with zero attached hydrogens (tertiary/aromatic N) is 3. The Bertz CT molecular complexity index is 478. The van der Waals surface area contributed by atoms with Gasteiger partial charge in [-0.05, 0) is 12.8 Å². The van der Waals surface area contributed by atoms with Crippen LogP contribution >= 0.6 is 0 Å². The van der Waals surface area contributed by atoms with E-state index in [-0.39, 0.29) is 6.54 Å². The molecule has 104 valence electrons. The molecule has 0 aromatic carbocycles. The third kappa shape index (κ3) is 2.83. The number of amides is 2. The Kier molecular flexibility index (Phi) is 3.68. The summed E-state index contributed by atoms with van der Waals surface area (Å²) in [5, 5.41) is 18.3. The lowest BCUT2D eigenvalue weighted by Gasteiger charge is -2.25. The quantitative estimate of drug-likeness (QED) is 0.712. The number of hydrogen-bond acceptors (Lipinski definition) is 4. The van der Waals surface area contributed by atoms with Crippen LogP contribution in [0.15, 0.2) is 6.33 Å². The number of urea groups is 1. The third-order valence-electron chi connectivity index (χ3n) is 3.43. The van der Waals surface area contributed by atoms with Crippen LogP contribution in [0.25, 0.3) is 0 Å². The van der Waals surface area contributed by atoms with Crippen LogP contribution in [0.3, 0.4) is 0 Å². The number of aliphatic carboxylic acids is 1. The van der Waals surface area contributed by atoms with Gasteiger partial charge in [0, 0.05) is 7.05 Å². The van der Waals surface area contributed by atoms with Gasteiger partial charge in [-0.3, -0.25) is 4.68 Å². The highest BCUT2D eigenvalue weighted by Crippen LogP contribution is 2.29. The molecule has 2 amide bonds. The van der Waals surface area contributed by atoms with Gasteiger partial charge in [0.05, 0.1) is 6.54 Å². The molecule has 0 saturated heterocycles. The number of aryl methyl sites for hydroxylation is 1. The number of carboxylic acids is 1. The van der Waals surface area contributed by atoms with E-state index >= 15 is 0 Å². The summed E-state index contributed by atoms with van der Waals surface area (Å²) in [5.41, 5.74) is -1.12. The van der Waals surface area contributed by atoms with Crippen molar-refractivity contribution in [3.63, 3.8) is 0 Å². The SMILES string of the molecule is Cn1ncnc1CNC(=O)NC1(C(=O)O)CCCC1. The summed E-state index contributed by atoms with van der Waals surface area (Å²) in [7, 11) is 1.72. The van der Waals surface area contributed by atoms with Crippen LogP contribution in [-0.2, 0) is 18.4 Å². The van der Waals surface area contributed by atoms with Crippen molar-refractivity contribution in [3.05, 3.63) is 12.2 Å². The first kappa shape index (κ1) is 13.3. The fraction of sp³-hybridized carbons (Fsp3) is 0.636. The Labute approximate surface area is 110 Å². The first-order valence-corrected chi connectivity index (χ1v) is 6.16. The van der Waals surface area contributed by atoms with Crippen LogP contribution in [0.5, 0.6) is 0 Å². The van der Waals surface area contributed by atoms with Crippen molar-refractivity contribution < 1.29 is 14.7 Å². The van der Waals surface area contributed by atoms with E-state index in [1.807, 2.05) is 0 Å². The monoisotopic (exact) mass is 267 g/mol. The van der Waals surface area contributed by atoms with Gasteiger partial charge in [0.15, 0.2) is 0 Å². The molecular weight excluding hydrogens is 250 g/mol. The maximum absolute atomic E-state index is 11.8. The second-order valence-electron chi connectivity index (χ2n) is 4.70. The van der Waals surface area contributed by atoms with E-state index in [1.54, 1.807) is 11.7 Å². The van der Waals surface area contributed by atoms with Crippen LogP contribution in [-0.4, -0.2) is 37.4 Å². The highest BCUT2D eigenvalue weighted by atomic mass is 16.4. The third-order valence-corrected chi connectivity index (χ3v) is 3.43. The second kappa shape index (κ2) is 5.25. The van der Waals surface area contributed by atoms with Gasteiger partial charge in [0.2, 0.25) is 0 Å². The summed E-state index contributed by atoms with van der Waals surface area (Å²) in [6.07, 6.45) is 3.97. The molecule has 0 bridgehead atoms. The van der Waals surface area contributed by atoms with E-state index in [0.717, 1.165) is 12.8 Å². The Balaban J connectivity index is 1.90. The predicted octanol–water partition coefficient (Wildman–Crippen LogP) is 0.0117. The number of rotatable bonds is 4. The zero-order valence-corrected chi connectivity index (χ0v) is 10.7. The summed E-state index contributed by atoms with van der Waals surface area (Å²) < 4.78 is 1.54. The van der Waals surface area contributed by atoms with E-state index < -0.39 is 17.5 Å². The lowest BCUT2D eigenvalue weighted by molar-refractivity contribution is -0.144. The Morgan fingerprint density at radius 2 is 2.16 bits per heavy atom. The van der Waals surface area contributed by atoms with Crippen LogP contribution < -0.4 is 10.6 Å². The molecule has 8 heteroatoms. The molecule has 0 aliphatic heterocycles. The van der Waals surface area contributed by atoms with Gasteiger partial charge >= 0.3 is 12.0 Å². The molecule has 1 aromatic heterocycles. The fourth-order valence-electron chi connectivity index (χ4n) is 2.27. The Hall–Kier alpha value is -2.12. The number of nitrogens with one attached hydrogen (secondary N) is 2. The van der Waals surface area contributed by atoms with E-state index in [2.05, 4.69) is 20.7 Å². The van der Waals surface area contributed by atoms with Crippen LogP contribution in [0.2, 0.25) is 0 Å². The minimum atomic E-state index is -1.12. The number of carboxylic acid groups (broad SMARTS) is 1. The van der Waals surface area contributed by atoms with Gasteiger partial charge in [-0.25, -0.2) is 14.6 Å². The van der Waals surface area contributed by atoms with Gasteiger partial charge in [0.25, 0.3) is 0 Å². The van der Waals surface area contributed by atoms with Crippen molar-refractivity contribution in [2.75, 3.05) is 0 Å². The molecule has 0 radical (unpaired) electrons. The van der Waals surface area contributed by atoms with Crippen LogP contribution in [0.1, 0.15) is 31.5 Å². The molecule has 0 atom stereocenters. The van der Waals surface area contributed by atoms with Crippen molar-refractivity contribution in [1.29, 1.82) is 0 Å². The topological polar surface area (TPSA) is 109 Å². The summed E-state index contributed by atoms with van der Waals surface area (Å²) >= 11 is 0. The summed E-state index contributed by atoms with van der Waals surface area (Å²) in [5.74, 6) is -0.371. The molecule has 1 saturated carbocycles. The minimum absolute atomic E-state index is 0.206. The Morgan fingerprint density at radius 1 is 1.47 bits per heavy atom. The lowest BCUT2D eigenvalue weighted by Crippen LogP contribution is -2.55. The standard InChI is InChI=1S/C11H17N5O3/c1-16-8(13-7-14-16)6-12-10(19)15-11(9(17)18)4-2-3-5-11/h7H,2-6H2,1H3,(H,17,18)(H2,12,15,19). The van der Waals surface area contributed by atoms with Gasteiger partial charge < -0.3 is 15.7 Å². The summed E-state index contributed by atoms with van der Waals surface area (Å²) in [6, 6.07) is -0.493. The van der Waals surface area contributed by atoms with Gasteiger partial charge in [0.1, 0.15) is 17.7 Å². The maximum atomic E-state index is 11.8. The predicted molar refractivity (Wildman–Crippen MR) is 65.2 cm³/mol. The molecule has 3 N–H and O–H groups in total. The summed E-state index contributed by atoms with van der Waals surface area (Å²) in [6.45, 7) is 0.206. The van der Waals surface area contributed by atoms with E-state index in [9.17, 15) is 14.7 Å². The fourth-order valence-corrected chi connectivity index (χ4v) is 2.27. The molecule has 1 heterocycles. The molecular formula is C11H17N5O3. The van der Waals surface area contributed by atoms with Gasteiger partial charge in [-0.2, -0.15) is 5.10 Å². The molecule has 0 unspecified atom stereocenters. The van der Waals surface area contributed by atoms with E-state index in [1.165, 1.54) is 6.33 Å². The molecule has 1 aliphatic carbocycles. The summed E-state index contributed by atoms with van der Waals surface area (Å²) in [4.78, 5) is 27.0. The first-order valence-electron chi connectivity index (χ1n) is 6.16. The molecule has 8 nitrogen and oxygen atoms in total. The second-order valence-corrected chi connectivity index (χ2v) is 4.70. The number of carbonyl (C=O) groups is 2. The molecule has 19 heavy (non-hydrogen) atoms. The van der Waals surface area contributed by atoms with Crippen LogP contribution in [0, 0.1) is 0 Å². The van der Waals surface area contributed by atoms with Crippen molar-refractivity contribution in [2.45, 2.75) is 37.8 Å². The van der Waals surface area contributed by atoms with Crippen molar-refractivity contribution in [3.8, 4) is 0 Å². The average molecular weight is 267 g/mol. The van der Waals surface area contributed by atoms with Crippen LogP contribution in [0.4, 0.5) is 4.79 Å². The zero-order valence-electron chi connectivity index (χ0n) is 10.7. The van der Waals surface area contributed by atoms with Gasteiger partial charge in [-0.15, -0.1) is 0 Å². The smallest absolute Gasteiger partial charge is 0.329 e. The number of hydrogen-bond donors (Lipinski definition) is 3. The largest absolute Gasteiger partial charge is 0.480 e. The minimum Gasteiger partial charge on any atom is -0.480 e. The molecule has 2 rings (SSSR count). The molecule has 1 aliphatic rings. The first-order chi connectivity index (χ1) is 9.03. The highest BCUT2D eigenvalue weighted by Gasteiger charge is 2.42. The highest BCUT2D eigenvalue weighted by molar-refractivity contribution is 5.86. The molecule has 0 spiro atoms. The lowest BCUT2D eigenvalue weighted by atomic mass is 9.98.